The van der Waals surface area contributed by atoms with Crippen LogP contribution in [-0.4, -0.2) is 30.5 Å². The molecule has 1 aliphatic heterocycles. The minimum absolute atomic E-state index is 0. The first-order valence-corrected chi connectivity index (χ1v) is 6.00. The molecule has 0 atom stereocenters. The smallest absolute Gasteiger partial charge is 0.239 e. The van der Waals surface area contributed by atoms with Crippen molar-refractivity contribution in [1.82, 2.24) is 4.98 Å². The zero-order valence-corrected chi connectivity index (χ0v) is 12.3. The molecule has 1 aliphatic rings. The number of halogens is 2. The van der Waals surface area contributed by atoms with Crippen molar-refractivity contribution in [1.29, 1.82) is 0 Å². The van der Waals surface area contributed by atoms with Crippen molar-refractivity contribution in [2.75, 3.05) is 29.9 Å². The Hall–Kier alpha value is -1.04. The summed E-state index contributed by atoms with van der Waals surface area (Å²) in [5, 5.41) is 2.63. The van der Waals surface area contributed by atoms with Gasteiger partial charge in [-0.1, -0.05) is 0 Å². The van der Waals surface area contributed by atoms with E-state index in [1.807, 2.05) is 12.1 Å². The fraction of sp³-hybridized carbons (Fsp3) is 0.500. The maximum atomic E-state index is 11.1. The summed E-state index contributed by atoms with van der Waals surface area (Å²) < 4.78 is 0. The lowest BCUT2D eigenvalue weighted by atomic mass is 10.1. The van der Waals surface area contributed by atoms with Crippen LogP contribution < -0.4 is 16.0 Å². The highest BCUT2D eigenvalue weighted by Crippen LogP contribution is 2.19. The number of nitrogens with zero attached hydrogens (tertiary/aromatic N) is 2. The molecule has 1 saturated heterocycles. The van der Waals surface area contributed by atoms with Crippen molar-refractivity contribution in [3.63, 3.8) is 0 Å². The lowest BCUT2D eigenvalue weighted by Crippen LogP contribution is -2.29. The van der Waals surface area contributed by atoms with Gasteiger partial charge < -0.3 is 16.0 Å². The lowest BCUT2D eigenvalue weighted by Gasteiger charge is -2.28. The first-order valence-electron chi connectivity index (χ1n) is 6.00. The molecule has 1 fully saturated rings. The van der Waals surface area contributed by atoms with E-state index in [2.05, 4.69) is 15.2 Å². The number of rotatable bonds is 3. The molecule has 0 aliphatic carbocycles. The van der Waals surface area contributed by atoms with Crippen LogP contribution in [0.5, 0.6) is 0 Å². The molecule has 7 heteroatoms. The van der Waals surface area contributed by atoms with E-state index < -0.39 is 0 Å². The summed E-state index contributed by atoms with van der Waals surface area (Å²) in [5.41, 5.74) is 6.34. The molecule has 1 aromatic rings. The molecule has 19 heavy (non-hydrogen) atoms. The minimum Gasteiger partial charge on any atom is -0.370 e. The molecule has 3 N–H and O–H groups in total. The maximum Gasteiger partial charge on any atom is 0.239 e. The summed E-state index contributed by atoms with van der Waals surface area (Å²) >= 11 is 0. The Morgan fingerprint density at radius 1 is 1.26 bits per heavy atom. The number of pyridine rings is 1. The number of carbonyl (C=O) groups excluding carboxylic acids is 1. The predicted molar refractivity (Wildman–Crippen MR) is 82.5 cm³/mol. The summed E-state index contributed by atoms with van der Waals surface area (Å²) in [5.74, 6) is 0.337. The van der Waals surface area contributed by atoms with Gasteiger partial charge in [-0.25, -0.2) is 4.98 Å². The number of nitrogens with two attached hydrogens (primary N) is 1. The third kappa shape index (κ3) is 5.22. The van der Waals surface area contributed by atoms with E-state index in [1.165, 1.54) is 19.3 Å². The normalized spacial score (nSPS) is 14.1. The van der Waals surface area contributed by atoms with Gasteiger partial charge >= 0.3 is 0 Å². The highest BCUT2D eigenvalue weighted by Gasteiger charge is 2.11. The molecule has 1 aromatic heterocycles. The number of amides is 1. The van der Waals surface area contributed by atoms with Crippen LogP contribution in [0.25, 0.3) is 0 Å². The van der Waals surface area contributed by atoms with Crippen LogP contribution in [0.4, 0.5) is 11.5 Å². The fourth-order valence-electron chi connectivity index (χ4n) is 1.99. The van der Waals surface area contributed by atoms with Gasteiger partial charge in [0.2, 0.25) is 5.91 Å². The monoisotopic (exact) mass is 306 g/mol. The largest absolute Gasteiger partial charge is 0.370 e. The highest BCUT2D eigenvalue weighted by atomic mass is 35.5. The van der Waals surface area contributed by atoms with Gasteiger partial charge in [0.25, 0.3) is 0 Å². The molecule has 1 amide bonds. The van der Waals surface area contributed by atoms with Crippen LogP contribution in [0.2, 0.25) is 0 Å². The van der Waals surface area contributed by atoms with Crippen LogP contribution in [0.1, 0.15) is 19.3 Å². The summed E-state index contributed by atoms with van der Waals surface area (Å²) in [6, 6.07) is 3.81. The molecule has 0 aromatic carbocycles. The molecular weight excluding hydrogens is 287 g/mol. The van der Waals surface area contributed by atoms with Crippen LogP contribution in [0, 0.1) is 0 Å². The van der Waals surface area contributed by atoms with E-state index in [1.54, 1.807) is 6.20 Å². The number of nitrogens with one attached hydrogen (secondary N) is 1. The van der Waals surface area contributed by atoms with E-state index in [-0.39, 0.29) is 37.3 Å². The van der Waals surface area contributed by atoms with Gasteiger partial charge in [-0.2, -0.15) is 0 Å². The molecule has 0 saturated carbocycles. The zero-order valence-electron chi connectivity index (χ0n) is 10.7. The molecule has 108 valence electrons. The Bertz CT molecular complexity index is 380. The third-order valence-electron chi connectivity index (χ3n) is 2.92. The van der Waals surface area contributed by atoms with E-state index in [0.29, 0.717) is 5.82 Å². The Morgan fingerprint density at radius 2 is 1.95 bits per heavy atom. The number of anilines is 2. The second kappa shape index (κ2) is 8.96. The van der Waals surface area contributed by atoms with Crippen molar-refractivity contribution >= 4 is 42.2 Å². The van der Waals surface area contributed by atoms with Crippen LogP contribution in [0.15, 0.2) is 18.3 Å². The summed E-state index contributed by atoms with van der Waals surface area (Å²) in [6.45, 7) is 2.17. The molecule has 0 unspecified atom stereocenters. The summed E-state index contributed by atoms with van der Waals surface area (Å²) in [4.78, 5) is 17.6. The molecule has 0 spiro atoms. The number of hydrogen-bond donors (Lipinski definition) is 2. The maximum absolute atomic E-state index is 11.1. The van der Waals surface area contributed by atoms with Crippen molar-refractivity contribution < 1.29 is 4.79 Å². The third-order valence-corrected chi connectivity index (χ3v) is 2.92. The van der Waals surface area contributed by atoms with Crippen molar-refractivity contribution in [2.24, 2.45) is 5.73 Å². The molecule has 2 rings (SSSR count). The van der Waals surface area contributed by atoms with Gasteiger partial charge in [0.15, 0.2) is 0 Å². The standard InChI is InChI=1S/C12H18N4O.2ClH/c13-8-12(17)15-11-5-4-10(9-14-11)16-6-2-1-3-7-16;;/h4-5,9H,1-3,6-8,13H2,(H,14,15,17);2*1H. The van der Waals surface area contributed by atoms with Gasteiger partial charge in [-0.05, 0) is 31.4 Å². The second-order valence-electron chi connectivity index (χ2n) is 4.20. The van der Waals surface area contributed by atoms with Crippen molar-refractivity contribution in [2.45, 2.75) is 19.3 Å². The molecule has 5 nitrogen and oxygen atoms in total. The summed E-state index contributed by atoms with van der Waals surface area (Å²) in [6.07, 6.45) is 5.60. The van der Waals surface area contributed by atoms with Crippen LogP contribution >= 0.6 is 24.8 Å². The van der Waals surface area contributed by atoms with Gasteiger partial charge in [0.05, 0.1) is 18.4 Å². The van der Waals surface area contributed by atoms with Gasteiger partial charge in [-0.15, -0.1) is 24.8 Å². The van der Waals surface area contributed by atoms with Gasteiger partial charge in [-0.3, -0.25) is 4.79 Å². The Morgan fingerprint density at radius 3 is 2.47 bits per heavy atom. The topological polar surface area (TPSA) is 71.2 Å². The van der Waals surface area contributed by atoms with E-state index in [4.69, 9.17) is 5.73 Å². The number of hydrogen-bond acceptors (Lipinski definition) is 4. The summed E-state index contributed by atoms with van der Waals surface area (Å²) in [7, 11) is 0. The van der Waals surface area contributed by atoms with E-state index in [0.717, 1.165) is 18.8 Å². The minimum atomic E-state index is -0.219. The van der Waals surface area contributed by atoms with Gasteiger partial charge in [0, 0.05) is 13.1 Å². The predicted octanol–water partition coefficient (Wildman–Crippen LogP) is 1.81. The molecular formula is C12H20Cl2N4O. The Labute approximate surface area is 125 Å². The quantitative estimate of drug-likeness (QED) is 0.893. The number of piperidine rings is 1. The Balaban J connectivity index is 0.00000162. The van der Waals surface area contributed by atoms with Crippen molar-refractivity contribution in [3.8, 4) is 0 Å². The van der Waals surface area contributed by atoms with Crippen LogP contribution in [-0.2, 0) is 4.79 Å². The SMILES string of the molecule is Cl.Cl.NCC(=O)Nc1ccc(N2CCCCC2)cn1. The first-order chi connectivity index (χ1) is 8.29. The fourth-order valence-corrected chi connectivity index (χ4v) is 1.99. The van der Waals surface area contributed by atoms with Gasteiger partial charge in [0.1, 0.15) is 5.82 Å². The molecule has 2 heterocycles. The number of aromatic nitrogens is 1. The molecule has 0 radical (unpaired) electrons. The number of carbonyl (C=O) groups is 1. The van der Waals surface area contributed by atoms with E-state index in [9.17, 15) is 4.79 Å². The second-order valence-corrected chi connectivity index (χ2v) is 4.20. The van der Waals surface area contributed by atoms with Crippen molar-refractivity contribution in [3.05, 3.63) is 18.3 Å². The van der Waals surface area contributed by atoms with E-state index >= 15 is 0 Å². The zero-order chi connectivity index (χ0) is 12.1. The lowest BCUT2D eigenvalue weighted by molar-refractivity contribution is -0.114. The Kier molecular flexibility index (Phi) is 8.47. The highest BCUT2D eigenvalue weighted by molar-refractivity contribution is 5.91. The first kappa shape index (κ1) is 18.0. The van der Waals surface area contributed by atoms with Crippen LogP contribution in [0.3, 0.4) is 0 Å². The average molecular weight is 307 g/mol. The molecule has 0 bridgehead atoms. The average Bonchev–Trinajstić information content (AvgIpc) is 2.40.